The largest absolute Gasteiger partial charge is 0.383 e. The topological polar surface area (TPSA) is 68.6 Å². The Bertz CT molecular complexity index is 267. The summed E-state index contributed by atoms with van der Waals surface area (Å²) in [5, 5.41) is 8.59. The van der Waals surface area contributed by atoms with Gasteiger partial charge in [-0.15, -0.1) is 0 Å². The van der Waals surface area contributed by atoms with E-state index in [1.165, 1.54) is 6.08 Å². The highest BCUT2D eigenvalue weighted by atomic mass is 17.2. The van der Waals surface area contributed by atoms with Crippen LogP contribution in [0.3, 0.4) is 0 Å². The van der Waals surface area contributed by atoms with Gasteiger partial charge in [0, 0.05) is 6.61 Å². The molecule has 0 rings (SSSR count). The Morgan fingerprint density at radius 3 is 2.67 bits per heavy atom. The Balaban J connectivity index is 4.03. The summed E-state index contributed by atoms with van der Waals surface area (Å²) < 4.78 is 4.96. The minimum absolute atomic E-state index is 0.0683. The lowest BCUT2D eigenvalue weighted by Crippen LogP contribution is -2.17. The van der Waals surface area contributed by atoms with Crippen LogP contribution in [0.5, 0.6) is 0 Å². The molecule has 0 aliphatic rings. The van der Waals surface area contributed by atoms with Crippen LogP contribution in [0, 0.1) is 11.3 Å². The average Bonchev–Trinajstić information content (AvgIpc) is 2.23. The summed E-state index contributed by atoms with van der Waals surface area (Å²) in [4.78, 5) is 20.2. The molecule has 0 aliphatic heterocycles. The summed E-state index contributed by atoms with van der Waals surface area (Å²) in [5.74, 6) is -0.800. The first-order chi connectivity index (χ1) is 7.15. The molecule has 0 N–H and O–H groups in total. The Labute approximate surface area is 89.2 Å². The number of carbonyl (C=O) groups excluding carboxylic acids is 1. The zero-order valence-corrected chi connectivity index (χ0v) is 9.15. The second-order valence-corrected chi connectivity index (χ2v) is 2.63. The van der Waals surface area contributed by atoms with Crippen LogP contribution in [0.25, 0.3) is 0 Å². The number of nitriles is 1. The van der Waals surface area contributed by atoms with Gasteiger partial charge in [-0.1, -0.05) is 13.0 Å². The van der Waals surface area contributed by atoms with Gasteiger partial charge in [0.15, 0.2) is 6.29 Å². The second-order valence-electron chi connectivity index (χ2n) is 2.63. The predicted molar refractivity (Wildman–Crippen MR) is 52.3 cm³/mol. The first kappa shape index (κ1) is 13.6. The van der Waals surface area contributed by atoms with Gasteiger partial charge in [0.25, 0.3) is 0 Å². The maximum absolute atomic E-state index is 11.2. The lowest BCUT2D eigenvalue weighted by atomic mass is 10.2. The first-order valence-corrected chi connectivity index (χ1v) is 4.75. The zero-order chi connectivity index (χ0) is 11.7. The molecule has 0 aromatic carbocycles. The van der Waals surface area contributed by atoms with E-state index >= 15 is 0 Å². The lowest BCUT2D eigenvalue weighted by molar-refractivity contribution is -0.343. The maximum atomic E-state index is 11.2. The van der Waals surface area contributed by atoms with Gasteiger partial charge in [-0.2, -0.15) is 10.1 Å². The lowest BCUT2D eigenvalue weighted by Gasteiger charge is -2.10. The number of hydrogen-bond donors (Lipinski definition) is 0. The Hall–Kier alpha value is -1.38. The molecule has 0 amide bonds. The summed E-state index contributed by atoms with van der Waals surface area (Å²) in [5.41, 5.74) is -0.0683. The highest BCUT2D eigenvalue weighted by Crippen LogP contribution is 2.01. The maximum Gasteiger partial charge on any atom is 0.383 e. The van der Waals surface area contributed by atoms with Crippen molar-refractivity contribution in [1.82, 2.24) is 0 Å². The van der Waals surface area contributed by atoms with Crippen molar-refractivity contribution < 1.29 is 19.3 Å². The van der Waals surface area contributed by atoms with E-state index in [1.807, 2.05) is 6.92 Å². The van der Waals surface area contributed by atoms with Crippen molar-refractivity contribution in [2.45, 2.75) is 33.5 Å². The molecule has 0 aromatic heterocycles. The van der Waals surface area contributed by atoms with Crippen molar-refractivity contribution in [3.05, 3.63) is 11.6 Å². The molecule has 1 unspecified atom stereocenters. The normalized spacial score (nSPS) is 13.1. The fraction of sp³-hybridized carbons (Fsp3) is 0.600. The smallest absolute Gasteiger partial charge is 0.349 e. The first-order valence-electron chi connectivity index (χ1n) is 4.75. The highest BCUT2D eigenvalue weighted by molar-refractivity contribution is 5.92. The fourth-order valence-electron chi connectivity index (χ4n) is 0.798. The van der Waals surface area contributed by atoms with Crippen LogP contribution in [0.1, 0.15) is 27.2 Å². The monoisotopic (exact) mass is 213 g/mol. The van der Waals surface area contributed by atoms with Gasteiger partial charge in [0.05, 0.1) is 0 Å². The summed E-state index contributed by atoms with van der Waals surface area (Å²) >= 11 is 0. The Kier molecular flexibility index (Phi) is 7.24. The van der Waals surface area contributed by atoms with Gasteiger partial charge in [-0.3, -0.25) is 4.89 Å². The van der Waals surface area contributed by atoms with E-state index in [0.29, 0.717) is 13.0 Å². The number of allylic oxidation sites excluding steroid dienone is 1. The second kappa shape index (κ2) is 7.97. The molecule has 1 atom stereocenters. The Morgan fingerprint density at radius 2 is 2.20 bits per heavy atom. The SMILES string of the molecule is CCC=C(C#N)C(=O)OOC(C)OCC. The molecule has 0 aliphatic carbocycles. The van der Waals surface area contributed by atoms with Crippen LogP contribution in [-0.2, 0) is 19.3 Å². The van der Waals surface area contributed by atoms with Crippen molar-refractivity contribution >= 4 is 5.97 Å². The third-order valence-electron chi connectivity index (χ3n) is 1.41. The summed E-state index contributed by atoms with van der Waals surface area (Å²) in [6.45, 7) is 5.65. The van der Waals surface area contributed by atoms with Crippen molar-refractivity contribution in [1.29, 1.82) is 5.26 Å². The van der Waals surface area contributed by atoms with Crippen molar-refractivity contribution in [2.75, 3.05) is 6.61 Å². The van der Waals surface area contributed by atoms with Crippen LogP contribution in [0.2, 0.25) is 0 Å². The Morgan fingerprint density at radius 1 is 1.53 bits per heavy atom. The molecule has 0 radical (unpaired) electrons. The fourth-order valence-corrected chi connectivity index (χ4v) is 0.798. The molecule has 84 valence electrons. The van der Waals surface area contributed by atoms with E-state index in [2.05, 4.69) is 9.78 Å². The van der Waals surface area contributed by atoms with Crippen LogP contribution < -0.4 is 0 Å². The highest BCUT2D eigenvalue weighted by Gasteiger charge is 2.13. The van der Waals surface area contributed by atoms with E-state index in [-0.39, 0.29) is 5.57 Å². The molecule has 0 fully saturated rings. The molecule has 5 heteroatoms. The predicted octanol–water partition coefficient (Wildman–Crippen LogP) is 1.70. The number of ether oxygens (including phenoxy) is 1. The quantitative estimate of drug-likeness (QED) is 0.221. The van der Waals surface area contributed by atoms with Gasteiger partial charge in [0.1, 0.15) is 11.6 Å². The van der Waals surface area contributed by atoms with E-state index in [1.54, 1.807) is 19.9 Å². The van der Waals surface area contributed by atoms with Gasteiger partial charge in [0.2, 0.25) is 0 Å². The average molecular weight is 213 g/mol. The van der Waals surface area contributed by atoms with Gasteiger partial charge in [-0.25, -0.2) is 4.79 Å². The number of nitrogens with zero attached hydrogens (tertiary/aromatic N) is 1. The van der Waals surface area contributed by atoms with Crippen LogP contribution in [0.4, 0.5) is 0 Å². The van der Waals surface area contributed by atoms with Gasteiger partial charge < -0.3 is 4.74 Å². The summed E-state index contributed by atoms with van der Waals surface area (Å²) in [6, 6.07) is 1.72. The minimum Gasteiger partial charge on any atom is -0.349 e. The zero-order valence-electron chi connectivity index (χ0n) is 9.15. The van der Waals surface area contributed by atoms with E-state index < -0.39 is 12.3 Å². The molecule has 5 nitrogen and oxygen atoms in total. The molecule has 0 aromatic rings. The molecule has 0 heterocycles. The third kappa shape index (κ3) is 5.83. The van der Waals surface area contributed by atoms with Crippen LogP contribution in [-0.4, -0.2) is 18.9 Å². The number of hydrogen-bond acceptors (Lipinski definition) is 5. The van der Waals surface area contributed by atoms with Crippen molar-refractivity contribution in [3.8, 4) is 6.07 Å². The number of rotatable bonds is 6. The van der Waals surface area contributed by atoms with E-state index in [4.69, 9.17) is 10.00 Å². The van der Waals surface area contributed by atoms with Crippen LogP contribution in [0.15, 0.2) is 11.6 Å². The molecule has 0 saturated carbocycles. The van der Waals surface area contributed by atoms with Gasteiger partial charge in [-0.05, 0) is 20.3 Å². The molecule has 15 heavy (non-hydrogen) atoms. The van der Waals surface area contributed by atoms with Crippen molar-refractivity contribution in [2.24, 2.45) is 0 Å². The molecule has 0 spiro atoms. The molecular weight excluding hydrogens is 198 g/mol. The minimum atomic E-state index is -0.800. The number of carbonyl (C=O) groups is 1. The molecular formula is C10H15NO4. The molecule has 0 bridgehead atoms. The van der Waals surface area contributed by atoms with Crippen LogP contribution >= 0.6 is 0 Å². The van der Waals surface area contributed by atoms with Crippen molar-refractivity contribution in [3.63, 3.8) is 0 Å². The van der Waals surface area contributed by atoms with Gasteiger partial charge >= 0.3 is 5.97 Å². The summed E-state index contributed by atoms with van der Waals surface area (Å²) in [7, 11) is 0. The molecule has 0 saturated heterocycles. The standard InChI is InChI=1S/C10H15NO4/c1-4-6-9(7-11)10(12)15-14-8(3)13-5-2/h6,8H,4-5H2,1-3H3. The van der Waals surface area contributed by atoms with E-state index in [9.17, 15) is 4.79 Å². The third-order valence-corrected chi connectivity index (χ3v) is 1.41. The summed E-state index contributed by atoms with van der Waals surface area (Å²) in [6.07, 6.45) is 1.41. The van der Waals surface area contributed by atoms with E-state index in [0.717, 1.165) is 0 Å².